The highest BCUT2D eigenvalue weighted by Crippen LogP contribution is 2.45. The Kier molecular flexibility index (Phi) is 33.6. The third-order valence-corrected chi connectivity index (χ3v) is 29.8. The third kappa shape index (κ3) is 25.7. The van der Waals surface area contributed by atoms with E-state index < -0.39 is 0 Å². The van der Waals surface area contributed by atoms with E-state index in [0.717, 1.165) is 61.8 Å². The molecule has 746 valence electrons. The van der Waals surface area contributed by atoms with E-state index in [2.05, 4.69) is 490 Å². The molecule has 3 aromatic heterocycles. The molecule has 0 bridgehead atoms. The van der Waals surface area contributed by atoms with Gasteiger partial charge in [-0.15, -0.1) is 0 Å². The molecule has 17 aromatic carbocycles. The summed E-state index contributed by atoms with van der Waals surface area (Å²) in [5, 5.41) is 3.61. The number of rotatable bonds is 32. The van der Waals surface area contributed by atoms with Gasteiger partial charge in [0.15, 0.2) is 11.5 Å². The highest BCUT2D eigenvalue weighted by Gasteiger charge is 2.27. The number of pyridine rings is 1. The minimum absolute atomic E-state index is 0.589. The zero-order chi connectivity index (χ0) is 104. The summed E-state index contributed by atoms with van der Waals surface area (Å²) >= 11 is 0. The summed E-state index contributed by atoms with van der Waals surface area (Å²) in [5.41, 5.74) is 53.8. The Balaban J connectivity index is 0.000000148. The van der Waals surface area contributed by atoms with Crippen molar-refractivity contribution in [2.24, 2.45) is 0 Å². The van der Waals surface area contributed by atoms with Gasteiger partial charge in [-0.3, -0.25) is 0 Å². The molecule has 0 aliphatic heterocycles. The van der Waals surface area contributed by atoms with Gasteiger partial charge in [0.2, 0.25) is 0 Å². The Morgan fingerprint density at radius 2 is 0.470 bits per heavy atom. The SMILES string of the molecule is CCCCCC(CCCCC)c1cc(-c2cc(C)cc(C)c2)cc(-c2cc(C)cc(-c3cc(-c4cc(C)cc(C)c4)cc(C(CCCCC)CCCCC)c3)c2)c1.Cc1cc(C)cc(-c2cccc(-c3ccc(-c4cccc(-c5cc(C)cc(C)c5)c4)c(-c4ncccn4)c3)c2)c1.Cc1cc(C)cc(-c2cccc(-c3ccc4c5cc(-c6cc(C)cc(C)c6)ccc5[n+]5c(-c6ccccc6)nc(-c6ccccc6)cc5c4c3)c2)c1. The first kappa shape index (κ1) is 104. The Hall–Kier alpha value is -15.1. The molecule has 0 saturated carbocycles. The van der Waals surface area contributed by atoms with Gasteiger partial charge in [-0.2, -0.15) is 4.40 Å². The highest BCUT2D eigenvalue weighted by molar-refractivity contribution is 6.12. The lowest BCUT2D eigenvalue weighted by molar-refractivity contribution is -0.471. The summed E-state index contributed by atoms with van der Waals surface area (Å²) in [4.78, 5) is 14.7. The molecule has 0 aliphatic rings. The van der Waals surface area contributed by atoms with Crippen LogP contribution in [0.2, 0.25) is 0 Å². The van der Waals surface area contributed by atoms with Gasteiger partial charge in [0, 0.05) is 40.4 Å². The molecular formula is C145H147N4+. The first-order valence-electron chi connectivity index (χ1n) is 55.0. The molecule has 0 N–H and O–H groups in total. The average molecular weight is 1950 g/mol. The maximum Gasteiger partial charge on any atom is 0.336 e. The lowest BCUT2D eigenvalue weighted by atomic mass is 9.83. The van der Waals surface area contributed by atoms with Crippen LogP contribution < -0.4 is 4.40 Å². The number of nitrogens with zero attached hydrogens (tertiary/aromatic N) is 4. The number of hydrogen-bond acceptors (Lipinski definition) is 3. The van der Waals surface area contributed by atoms with Crippen molar-refractivity contribution in [1.82, 2.24) is 15.0 Å². The van der Waals surface area contributed by atoms with Crippen molar-refractivity contribution in [2.75, 3.05) is 0 Å². The largest absolute Gasteiger partial charge is 0.336 e. The lowest BCUT2D eigenvalue weighted by Crippen LogP contribution is -2.28. The molecule has 3 heterocycles. The van der Waals surface area contributed by atoms with Crippen molar-refractivity contribution >= 4 is 27.2 Å². The van der Waals surface area contributed by atoms with E-state index in [0.29, 0.717) is 11.8 Å². The molecule has 0 spiro atoms. The predicted octanol–water partition coefficient (Wildman–Crippen LogP) is 41.1. The van der Waals surface area contributed by atoms with Gasteiger partial charge < -0.3 is 0 Å². The molecule has 0 fully saturated rings. The zero-order valence-corrected chi connectivity index (χ0v) is 91.1. The molecule has 149 heavy (non-hydrogen) atoms. The number of fused-ring (bicyclic) bond motifs is 6. The fraction of sp³-hybridized carbons (Fsp3) is 0.241. The number of hydrogen-bond donors (Lipinski definition) is 0. The molecule has 0 amide bonds. The van der Waals surface area contributed by atoms with Gasteiger partial charge in [0.1, 0.15) is 11.0 Å². The van der Waals surface area contributed by atoms with E-state index in [4.69, 9.17) is 4.98 Å². The number of unbranched alkanes of at least 4 members (excludes halogenated alkanes) is 8. The maximum absolute atomic E-state index is 5.40. The molecule has 20 aromatic rings. The minimum atomic E-state index is 0.589. The van der Waals surface area contributed by atoms with Crippen LogP contribution >= 0.6 is 0 Å². The smallest absolute Gasteiger partial charge is 0.237 e. The van der Waals surface area contributed by atoms with E-state index in [9.17, 15) is 0 Å². The van der Waals surface area contributed by atoms with Crippen LogP contribution in [0.3, 0.4) is 0 Å². The Morgan fingerprint density at radius 1 is 0.195 bits per heavy atom. The number of benzene rings is 17. The van der Waals surface area contributed by atoms with E-state index >= 15 is 0 Å². The monoisotopic (exact) mass is 1940 g/mol. The van der Waals surface area contributed by atoms with Crippen molar-refractivity contribution < 1.29 is 4.40 Å². The topological polar surface area (TPSA) is 42.8 Å². The van der Waals surface area contributed by atoms with E-state index in [1.54, 1.807) is 0 Å². The molecular weight excluding hydrogens is 1800 g/mol. The Morgan fingerprint density at radius 3 is 0.846 bits per heavy atom. The second-order valence-corrected chi connectivity index (χ2v) is 42.9. The molecule has 0 atom stereocenters. The molecule has 0 radical (unpaired) electrons. The van der Waals surface area contributed by atoms with Gasteiger partial charge in [0.05, 0.1) is 5.56 Å². The molecule has 0 unspecified atom stereocenters. The summed E-state index contributed by atoms with van der Waals surface area (Å²) in [7, 11) is 0. The van der Waals surface area contributed by atoms with Crippen LogP contribution in [0, 0.1) is 90.0 Å². The van der Waals surface area contributed by atoms with Gasteiger partial charge in [-0.25, -0.2) is 9.97 Å². The summed E-state index contributed by atoms with van der Waals surface area (Å²) in [6.45, 7) is 37.9. The summed E-state index contributed by atoms with van der Waals surface area (Å²) in [6.07, 6.45) is 24.3. The van der Waals surface area contributed by atoms with Crippen LogP contribution in [-0.2, 0) is 0 Å². The zero-order valence-electron chi connectivity index (χ0n) is 91.1. The van der Waals surface area contributed by atoms with Crippen LogP contribution in [0.4, 0.5) is 0 Å². The number of aryl methyl sites for hydroxylation is 13. The summed E-state index contributed by atoms with van der Waals surface area (Å²) in [6, 6.07) is 136. The van der Waals surface area contributed by atoms with Crippen molar-refractivity contribution in [2.45, 2.75) is 232 Å². The van der Waals surface area contributed by atoms with Crippen LogP contribution in [-0.4, -0.2) is 15.0 Å². The molecule has 0 saturated heterocycles. The summed E-state index contributed by atoms with van der Waals surface area (Å²) < 4.78 is 2.38. The van der Waals surface area contributed by atoms with Crippen molar-refractivity contribution in [3.63, 3.8) is 0 Å². The minimum Gasteiger partial charge on any atom is -0.237 e. The third-order valence-electron chi connectivity index (χ3n) is 29.8. The average Bonchev–Trinajstić information content (AvgIpc) is 0.716. The second kappa shape index (κ2) is 48.3. The fourth-order valence-electron chi connectivity index (χ4n) is 22.9. The molecule has 0 aliphatic carbocycles. The Bertz CT molecular complexity index is 7870. The van der Waals surface area contributed by atoms with Gasteiger partial charge >= 0.3 is 5.82 Å². The van der Waals surface area contributed by atoms with Crippen molar-refractivity contribution in [3.05, 3.63) is 460 Å². The maximum atomic E-state index is 5.40. The first-order chi connectivity index (χ1) is 72.4. The summed E-state index contributed by atoms with van der Waals surface area (Å²) in [5.74, 6) is 2.82. The van der Waals surface area contributed by atoms with E-state index in [1.807, 2.05) is 18.5 Å². The van der Waals surface area contributed by atoms with Gasteiger partial charge in [0.25, 0.3) is 0 Å². The van der Waals surface area contributed by atoms with E-state index in [1.165, 1.54) is 308 Å². The predicted molar refractivity (Wildman–Crippen MR) is 641 cm³/mol. The first-order valence-corrected chi connectivity index (χ1v) is 55.0. The normalized spacial score (nSPS) is 11.4. The standard InChI is InChI=1S/C57H76.C50H39N2.C38H32N2/c1-10-14-18-22-46(23-19-15-11-2)52-35-54(48-28-41(5)26-42(6)29-48)39-56(37-52)50-32-45(9)33-51(34-50)57-38-53(47(24-20-16-12-3)25-21-17-13-4)36-55(40-57)49-30-43(7)27-44(8)31-49;1-32-22-33(2)25-42(24-32)39-17-11-16-38(28-39)40-18-20-44-45-30-41(43-26-34(3)23-35(4)27-43)19-21-48(45)52-49(46(44)29-40)31-47(36-12-7-5-8-13-36)51-50(52)37-14-9-6-10-15-37;1-25-16-26(2)19-34(18-25)30-9-5-8-29(22-30)32-12-13-36(37(24-32)38-39-14-7-15-40-38)33-11-6-10-31(23-33)35-20-27(3)17-28(4)21-35/h26-40,46-47H,10-25H2,1-9H3;5-31H,1-4H3;5-24H,1-4H3/q;+1;. The van der Waals surface area contributed by atoms with Crippen molar-refractivity contribution in [1.29, 1.82) is 0 Å². The van der Waals surface area contributed by atoms with Crippen LogP contribution in [0.1, 0.15) is 226 Å². The highest BCUT2D eigenvalue weighted by atomic mass is 15.0. The quantitative estimate of drug-likeness (QED) is 0.0240. The molecule has 4 heteroatoms. The molecule has 20 rings (SSSR count). The van der Waals surface area contributed by atoms with Gasteiger partial charge in [-0.1, -0.05) is 451 Å². The second-order valence-electron chi connectivity index (χ2n) is 42.9. The van der Waals surface area contributed by atoms with Crippen molar-refractivity contribution in [3.8, 4) is 156 Å². The molecule has 4 nitrogen and oxygen atoms in total. The number of aromatic nitrogens is 4. The van der Waals surface area contributed by atoms with E-state index in [-0.39, 0.29) is 0 Å². The Labute approximate surface area is 888 Å². The van der Waals surface area contributed by atoms with Crippen LogP contribution in [0.15, 0.2) is 376 Å². The van der Waals surface area contributed by atoms with Crippen LogP contribution in [0.25, 0.3) is 184 Å². The lowest BCUT2D eigenvalue weighted by Gasteiger charge is -2.22. The van der Waals surface area contributed by atoms with Gasteiger partial charge in [-0.05, 0) is 356 Å². The fourth-order valence-corrected chi connectivity index (χ4v) is 22.9. The van der Waals surface area contributed by atoms with Crippen LogP contribution in [0.5, 0.6) is 0 Å².